The van der Waals surface area contributed by atoms with Crippen molar-refractivity contribution in [2.24, 2.45) is 5.92 Å². The fourth-order valence-corrected chi connectivity index (χ4v) is 1.98. The molecule has 0 radical (unpaired) electrons. The Hall–Kier alpha value is -1.59. The summed E-state index contributed by atoms with van der Waals surface area (Å²) in [5.74, 6) is -0.621. The van der Waals surface area contributed by atoms with Crippen molar-refractivity contribution in [1.29, 1.82) is 0 Å². The van der Waals surface area contributed by atoms with Gasteiger partial charge in [0.05, 0.1) is 11.9 Å². The maximum atomic E-state index is 12.1. The van der Waals surface area contributed by atoms with Crippen molar-refractivity contribution >= 4 is 11.6 Å². The molecule has 0 bridgehead atoms. The van der Waals surface area contributed by atoms with Crippen molar-refractivity contribution in [3.05, 3.63) is 24.5 Å². The molecule has 0 aromatic carbocycles. The first-order chi connectivity index (χ1) is 9.42. The predicted octanol–water partition coefficient (Wildman–Crippen LogP) is 4.17. The highest BCUT2D eigenvalue weighted by atomic mass is 19.4. The topological polar surface area (TPSA) is 42.0 Å². The number of carbonyl (C=O) groups is 1. The molecule has 0 aliphatic heterocycles. The molecule has 1 unspecified atom stereocenters. The SMILES string of the molecule is CCCC(CCCC(F)(F)F)C(=O)Nc1cccnc1. The van der Waals surface area contributed by atoms with Gasteiger partial charge in [-0.05, 0) is 31.4 Å². The average molecular weight is 288 g/mol. The fraction of sp³-hybridized carbons (Fsp3) is 0.571. The van der Waals surface area contributed by atoms with Crippen LogP contribution < -0.4 is 5.32 Å². The van der Waals surface area contributed by atoms with Crippen molar-refractivity contribution in [2.75, 3.05) is 5.32 Å². The number of hydrogen-bond donors (Lipinski definition) is 1. The van der Waals surface area contributed by atoms with Crippen LogP contribution in [0.5, 0.6) is 0 Å². The second-order valence-corrected chi connectivity index (χ2v) is 4.72. The summed E-state index contributed by atoms with van der Waals surface area (Å²) >= 11 is 0. The smallest absolute Gasteiger partial charge is 0.324 e. The van der Waals surface area contributed by atoms with Gasteiger partial charge in [0.1, 0.15) is 0 Å². The van der Waals surface area contributed by atoms with E-state index in [1.807, 2.05) is 6.92 Å². The van der Waals surface area contributed by atoms with Gasteiger partial charge in [-0.25, -0.2) is 0 Å². The number of hydrogen-bond acceptors (Lipinski definition) is 2. The molecule has 1 rings (SSSR count). The van der Waals surface area contributed by atoms with E-state index in [1.165, 1.54) is 6.20 Å². The molecule has 20 heavy (non-hydrogen) atoms. The number of alkyl halides is 3. The van der Waals surface area contributed by atoms with Crippen molar-refractivity contribution in [3.63, 3.8) is 0 Å². The van der Waals surface area contributed by atoms with E-state index in [9.17, 15) is 18.0 Å². The van der Waals surface area contributed by atoms with Crippen LogP contribution in [0.1, 0.15) is 39.0 Å². The first-order valence-corrected chi connectivity index (χ1v) is 6.70. The standard InChI is InChI=1S/C14H19F3N2O/c1-2-5-11(6-3-8-14(15,16)17)13(20)19-12-7-4-9-18-10-12/h4,7,9-11H,2-3,5-6,8H2,1H3,(H,19,20). The van der Waals surface area contributed by atoms with Gasteiger partial charge in [0.25, 0.3) is 0 Å². The van der Waals surface area contributed by atoms with E-state index in [1.54, 1.807) is 18.3 Å². The Balaban J connectivity index is 2.50. The zero-order valence-corrected chi connectivity index (χ0v) is 11.4. The quantitative estimate of drug-likeness (QED) is 0.818. The van der Waals surface area contributed by atoms with Crippen LogP contribution in [0.25, 0.3) is 0 Å². The molecular formula is C14H19F3N2O. The molecule has 112 valence electrons. The number of amides is 1. The molecule has 1 atom stereocenters. The van der Waals surface area contributed by atoms with Gasteiger partial charge < -0.3 is 5.32 Å². The van der Waals surface area contributed by atoms with E-state index in [4.69, 9.17) is 0 Å². The van der Waals surface area contributed by atoms with Gasteiger partial charge in [0.15, 0.2) is 0 Å². The molecule has 0 fully saturated rings. The number of carbonyl (C=O) groups excluding carboxylic acids is 1. The number of halogens is 3. The van der Waals surface area contributed by atoms with Crippen LogP contribution in [0.4, 0.5) is 18.9 Å². The normalized spacial score (nSPS) is 13.0. The number of anilines is 1. The molecular weight excluding hydrogens is 269 g/mol. The minimum Gasteiger partial charge on any atom is -0.324 e. The summed E-state index contributed by atoms with van der Waals surface area (Å²) in [5, 5.41) is 2.69. The third kappa shape index (κ3) is 6.54. The Bertz CT molecular complexity index is 407. The van der Waals surface area contributed by atoms with E-state index in [2.05, 4.69) is 10.3 Å². The third-order valence-electron chi connectivity index (χ3n) is 2.95. The average Bonchev–Trinajstić information content (AvgIpc) is 2.37. The van der Waals surface area contributed by atoms with E-state index in [0.717, 1.165) is 6.42 Å². The van der Waals surface area contributed by atoms with Gasteiger partial charge in [-0.15, -0.1) is 0 Å². The van der Waals surface area contributed by atoms with Crippen LogP contribution in [-0.2, 0) is 4.79 Å². The van der Waals surface area contributed by atoms with E-state index in [0.29, 0.717) is 12.1 Å². The lowest BCUT2D eigenvalue weighted by atomic mass is 9.96. The van der Waals surface area contributed by atoms with Gasteiger partial charge in [-0.2, -0.15) is 13.2 Å². The first kappa shape index (κ1) is 16.5. The van der Waals surface area contributed by atoms with Gasteiger partial charge in [-0.3, -0.25) is 9.78 Å². The lowest BCUT2D eigenvalue weighted by Crippen LogP contribution is -2.23. The maximum Gasteiger partial charge on any atom is 0.389 e. The first-order valence-electron chi connectivity index (χ1n) is 6.70. The molecule has 1 aromatic rings. The Morgan fingerprint density at radius 2 is 2.15 bits per heavy atom. The summed E-state index contributed by atoms with van der Waals surface area (Å²) < 4.78 is 36.4. The minimum absolute atomic E-state index is 0.0192. The third-order valence-corrected chi connectivity index (χ3v) is 2.95. The van der Waals surface area contributed by atoms with Crippen LogP contribution in [0.2, 0.25) is 0 Å². The van der Waals surface area contributed by atoms with Gasteiger partial charge in [0, 0.05) is 18.5 Å². The van der Waals surface area contributed by atoms with Gasteiger partial charge in [-0.1, -0.05) is 13.3 Å². The molecule has 1 N–H and O–H groups in total. The number of nitrogens with zero attached hydrogens (tertiary/aromatic N) is 1. The van der Waals surface area contributed by atoms with E-state index >= 15 is 0 Å². The Kier molecular flexibility index (Phi) is 6.48. The summed E-state index contributed by atoms with van der Waals surface area (Å²) in [6.45, 7) is 1.91. The molecule has 6 heteroatoms. The van der Waals surface area contributed by atoms with Gasteiger partial charge in [0.2, 0.25) is 5.91 Å². The lowest BCUT2D eigenvalue weighted by Gasteiger charge is -2.16. The maximum absolute atomic E-state index is 12.1. The largest absolute Gasteiger partial charge is 0.389 e. The van der Waals surface area contributed by atoms with Crippen LogP contribution >= 0.6 is 0 Å². The van der Waals surface area contributed by atoms with Crippen molar-refractivity contribution in [2.45, 2.75) is 45.2 Å². The molecule has 3 nitrogen and oxygen atoms in total. The molecule has 0 spiro atoms. The summed E-state index contributed by atoms with van der Waals surface area (Å²) in [4.78, 5) is 15.9. The minimum atomic E-state index is -4.16. The molecule has 0 aliphatic rings. The van der Waals surface area contributed by atoms with Crippen molar-refractivity contribution in [1.82, 2.24) is 4.98 Å². The van der Waals surface area contributed by atoms with Crippen LogP contribution in [0, 0.1) is 5.92 Å². The Labute approximate surface area is 116 Å². The van der Waals surface area contributed by atoms with Crippen LogP contribution in [0.3, 0.4) is 0 Å². The van der Waals surface area contributed by atoms with Crippen molar-refractivity contribution in [3.8, 4) is 0 Å². The highest BCUT2D eigenvalue weighted by molar-refractivity contribution is 5.92. The predicted molar refractivity (Wildman–Crippen MR) is 71.2 cm³/mol. The summed E-state index contributed by atoms with van der Waals surface area (Å²) in [7, 11) is 0. The molecule has 1 heterocycles. The number of nitrogens with one attached hydrogen (secondary N) is 1. The second-order valence-electron chi connectivity index (χ2n) is 4.72. The lowest BCUT2D eigenvalue weighted by molar-refractivity contribution is -0.137. The van der Waals surface area contributed by atoms with E-state index < -0.39 is 12.6 Å². The van der Waals surface area contributed by atoms with Crippen molar-refractivity contribution < 1.29 is 18.0 Å². The molecule has 0 aliphatic carbocycles. The molecule has 1 aromatic heterocycles. The Morgan fingerprint density at radius 1 is 1.40 bits per heavy atom. The zero-order valence-electron chi connectivity index (χ0n) is 11.4. The summed E-state index contributed by atoms with van der Waals surface area (Å²) in [6, 6.07) is 3.39. The van der Waals surface area contributed by atoms with Crippen LogP contribution in [-0.4, -0.2) is 17.1 Å². The van der Waals surface area contributed by atoms with Crippen LogP contribution in [0.15, 0.2) is 24.5 Å². The number of pyridine rings is 1. The van der Waals surface area contributed by atoms with Gasteiger partial charge >= 0.3 is 6.18 Å². The highest BCUT2D eigenvalue weighted by Gasteiger charge is 2.27. The Morgan fingerprint density at radius 3 is 2.70 bits per heavy atom. The molecule has 1 amide bonds. The fourth-order valence-electron chi connectivity index (χ4n) is 1.98. The molecule has 0 saturated carbocycles. The molecule has 0 saturated heterocycles. The highest BCUT2D eigenvalue weighted by Crippen LogP contribution is 2.25. The number of aromatic nitrogens is 1. The monoisotopic (exact) mass is 288 g/mol. The summed E-state index contributed by atoms with van der Waals surface area (Å²) in [6.07, 6.45) is -0.321. The zero-order chi connectivity index (χ0) is 15.0. The van der Waals surface area contributed by atoms with E-state index in [-0.39, 0.29) is 24.7 Å². The second kappa shape index (κ2) is 7.87. The summed E-state index contributed by atoms with van der Waals surface area (Å²) in [5.41, 5.74) is 0.564. The number of rotatable bonds is 7.